The number of halogens is 5. The van der Waals surface area contributed by atoms with Gasteiger partial charge in [0.25, 0.3) is 5.91 Å². The van der Waals surface area contributed by atoms with Crippen LogP contribution in [0, 0.1) is 18.6 Å². The molecule has 1 aliphatic heterocycles. The molecule has 1 aromatic heterocycles. The highest BCUT2D eigenvalue weighted by molar-refractivity contribution is 5.98. The average molecular weight is 450 g/mol. The maximum Gasteiger partial charge on any atom is 0.410 e. The van der Waals surface area contributed by atoms with Crippen molar-refractivity contribution in [1.82, 2.24) is 15.1 Å². The molecule has 0 spiro atoms. The molecule has 2 heterocycles. The summed E-state index contributed by atoms with van der Waals surface area (Å²) in [6.45, 7) is 1.67. The molecule has 0 unspecified atom stereocenters. The third-order valence-electron chi connectivity index (χ3n) is 5.34. The highest BCUT2D eigenvalue weighted by Gasteiger charge is 2.47. The van der Waals surface area contributed by atoms with E-state index in [1.807, 2.05) is 6.92 Å². The van der Waals surface area contributed by atoms with Gasteiger partial charge < -0.3 is 10.6 Å². The molecular weight excluding hydrogens is 431 g/mol. The van der Waals surface area contributed by atoms with Crippen LogP contribution in [0.5, 0.6) is 0 Å². The van der Waals surface area contributed by atoms with E-state index in [0.29, 0.717) is 11.6 Å². The van der Waals surface area contributed by atoms with Gasteiger partial charge in [-0.2, -0.15) is 18.3 Å². The standard InChI is InChI=1S/C22H19F5N4O/c1-12-2-4-14(5-3-12)18-9-19(22(25,26)27)31-20(30-18)17(11-29-31)21(32)28-10-13-6-15(23)8-16(24)7-13/h2-8,11,18-19,30H,9-10H2,1H3,(H,28,32)/t18-,19+/m0/s1. The minimum atomic E-state index is -4.57. The third kappa shape index (κ3) is 4.44. The molecule has 32 heavy (non-hydrogen) atoms. The molecule has 0 radical (unpaired) electrons. The first-order chi connectivity index (χ1) is 15.1. The van der Waals surface area contributed by atoms with E-state index in [2.05, 4.69) is 15.7 Å². The van der Waals surface area contributed by atoms with Gasteiger partial charge in [-0.1, -0.05) is 29.8 Å². The molecule has 0 aliphatic carbocycles. The molecule has 0 fully saturated rings. The number of alkyl halides is 3. The van der Waals surface area contributed by atoms with Crippen LogP contribution in [0.15, 0.2) is 48.7 Å². The van der Waals surface area contributed by atoms with Gasteiger partial charge in [0.1, 0.15) is 23.0 Å². The molecule has 168 valence electrons. The lowest BCUT2D eigenvalue weighted by atomic mass is 9.96. The number of rotatable bonds is 4. The van der Waals surface area contributed by atoms with E-state index < -0.39 is 35.8 Å². The molecule has 5 nitrogen and oxygen atoms in total. The molecule has 0 saturated heterocycles. The first kappa shape index (κ1) is 21.8. The van der Waals surface area contributed by atoms with Crippen molar-refractivity contribution >= 4 is 11.7 Å². The van der Waals surface area contributed by atoms with Gasteiger partial charge in [-0.3, -0.25) is 4.79 Å². The highest BCUT2D eigenvalue weighted by atomic mass is 19.4. The zero-order valence-corrected chi connectivity index (χ0v) is 16.9. The molecule has 2 atom stereocenters. The Morgan fingerprint density at radius 2 is 1.81 bits per heavy atom. The number of anilines is 1. The fourth-order valence-corrected chi connectivity index (χ4v) is 3.74. The van der Waals surface area contributed by atoms with Crippen molar-refractivity contribution in [3.63, 3.8) is 0 Å². The van der Waals surface area contributed by atoms with Crippen molar-refractivity contribution in [2.75, 3.05) is 5.32 Å². The Hall–Kier alpha value is -3.43. The monoisotopic (exact) mass is 450 g/mol. The highest BCUT2D eigenvalue weighted by Crippen LogP contribution is 2.44. The minimum Gasteiger partial charge on any atom is -0.363 e. The van der Waals surface area contributed by atoms with Crippen LogP contribution < -0.4 is 10.6 Å². The number of benzene rings is 2. The van der Waals surface area contributed by atoms with Crippen LogP contribution in [-0.2, 0) is 6.54 Å². The fourth-order valence-electron chi connectivity index (χ4n) is 3.74. The predicted molar refractivity (Wildman–Crippen MR) is 107 cm³/mol. The molecule has 4 rings (SSSR count). The summed E-state index contributed by atoms with van der Waals surface area (Å²) in [5, 5.41) is 9.28. The average Bonchev–Trinajstić information content (AvgIpc) is 3.14. The summed E-state index contributed by atoms with van der Waals surface area (Å²) in [5.41, 5.74) is 1.71. The zero-order valence-electron chi connectivity index (χ0n) is 16.9. The Morgan fingerprint density at radius 1 is 1.16 bits per heavy atom. The van der Waals surface area contributed by atoms with Crippen LogP contribution in [0.25, 0.3) is 0 Å². The number of fused-ring (bicyclic) bond motifs is 1. The summed E-state index contributed by atoms with van der Waals surface area (Å²) in [4.78, 5) is 12.7. The molecule has 10 heteroatoms. The van der Waals surface area contributed by atoms with Gasteiger partial charge in [-0.25, -0.2) is 13.5 Å². The number of aryl methyl sites for hydroxylation is 1. The Morgan fingerprint density at radius 3 is 2.44 bits per heavy atom. The second-order valence-electron chi connectivity index (χ2n) is 7.71. The summed E-state index contributed by atoms with van der Waals surface area (Å²) < 4.78 is 68.8. The van der Waals surface area contributed by atoms with Crippen molar-refractivity contribution in [1.29, 1.82) is 0 Å². The summed E-state index contributed by atoms with van der Waals surface area (Å²) >= 11 is 0. The van der Waals surface area contributed by atoms with Crippen molar-refractivity contribution in [2.45, 2.75) is 38.1 Å². The van der Waals surface area contributed by atoms with Crippen LogP contribution in [-0.4, -0.2) is 21.9 Å². The topological polar surface area (TPSA) is 59.0 Å². The van der Waals surface area contributed by atoms with E-state index in [1.54, 1.807) is 24.3 Å². The number of aromatic nitrogens is 2. The normalized spacial score (nSPS) is 18.1. The van der Waals surface area contributed by atoms with E-state index in [-0.39, 0.29) is 29.9 Å². The Kier molecular flexibility index (Phi) is 5.62. The lowest BCUT2D eigenvalue weighted by Crippen LogP contribution is -2.36. The number of amides is 1. The van der Waals surface area contributed by atoms with Gasteiger partial charge in [0.15, 0.2) is 6.04 Å². The lowest BCUT2D eigenvalue weighted by Gasteiger charge is -2.34. The Labute approximate surface area is 180 Å². The fraction of sp³-hybridized carbons (Fsp3) is 0.273. The Balaban J connectivity index is 1.61. The minimum absolute atomic E-state index is 0.0629. The van der Waals surface area contributed by atoms with Crippen molar-refractivity contribution in [3.05, 3.63) is 82.5 Å². The van der Waals surface area contributed by atoms with Crippen LogP contribution in [0.1, 0.15) is 45.6 Å². The van der Waals surface area contributed by atoms with E-state index in [9.17, 15) is 26.7 Å². The molecule has 3 aromatic rings. The van der Waals surface area contributed by atoms with E-state index in [1.165, 1.54) is 0 Å². The molecule has 2 aromatic carbocycles. The Bertz CT molecular complexity index is 1120. The molecule has 0 bridgehead atoms. The molecule has 2 N–H and O–H groups in total. The van der Waals surface area contributed by atoms with Crippen LogP contribution >= 0.6 is 0 Å². The lowest BCUT2D eigenvalue weighted by molar-refractivity contribution is -0.173. The summed E-state index contributed by atoms with van der Waals surface area (Å²) in [6.07, 6.45) is -3.80. The quantitative estimate of drug-likeness (QED) is 0.547. The zero-order chi connectivity index (χ0) is 23.0. The van der Waals surface area contributed by atoms with E-state index in [0.717, 1.165) is 28.6 Å². The summed E-state index contributed by atoms with van der Waals surface area (Å²) in [5.74, 6) is -2.37. The SMILES string of the molecule is Cc1ccc([C@@H]2C[C@H](C(F)(F)F)n3ncc(C(=O)NCc4cc(F)cc(F)c4)c3N2)cc1. The van der Waals surface area contributed by atoms with Gasteiger partial charge in [0.2, 0.25) is 0 Å². The maximum absolute atomic E-state index is 13.8. The van der Waals surface area contributed by atoms with Crippen molar-refractivity contribution in [2.24, 2.45) is 0 Å². The smallest absolute Gasteiger partial charge is 0.363 e. The second-order valence-corrected chi connectivity index (χ2v) is 7.71. The summed E-state index contributed by atoms with van der Waals surface area (Å²) in [7, 11) is 0. The molecule has 0 saturated carbocycles. The third-order valence-corrected chi connectivity index (χ3v) is 5.34. The predicted octanol–water partition coefficient (Wildman–Crippen LogP) is 5.06. The number of carbonyl (C=O) groups excluding carboxylic acids is 1. The van der Waals surface area contributed by atoms with Crippen LogP contribution in [0.3, 0.4) is 0 Å². The first-order valence-electron chi connectivity index (χ1n) is 9.82. The number of hydrogen-bond donors (Lipinski definition) is 2. The number of carbonyl (C=O) groups is 1. The molecular formula is C22H19F5N4O. The number of nitrogens with zero attached hydrogens (tertiary/aromatic N) is 2. The maximum atomic E-state index is 13.8. The van der Waals surface area contributed by atoms with Gasteiger partial charge in [-0.05, 0) is 30.2 Å². The largest absolute Gasteiger partial charge is 0.410 e. The molecule has 1 amide bonds. The second kappa shape index (κ2) is 8.25. The van der Waals surface area contributed by atoms with Gasteiger partial charge in [0.05, 0.1) is 12.2 Å². The number of hydrogen-bond acceptors (Lipinski definition) is 3. The van der Waals surface area contributed by atoms with Gasteiger partial charge in [0, 0.05) is 19.0 Å². The summed E-state index contributed by atoms with van der Waals surface area (Å²) in [6, 6.07) is 7.30. The van der Waals surface area contributed by atoms with Crippen molar-refractivity contribution in [3.8, 4) is 0 Å². The number of nitrogens with one attached hydrogen (secondary N) is 2. The van der Waals surface area contributed by atoms with E-state index >= 15 is 0 Å². The van der Waals surface area contributed by atoms with Crippen molar-refractivity contribution < 1.29 is 26.7 Å². The van der Waals surface area contributed by atoms with Crippen LogP contribution in [0.2, 0.25) is 0 Å². The van der Waals surface area contributed by atoms with Gasteiger partial charge >= 0.3 is 6.18 Å². The van der Waals surface area contributed by atoms with E-state index in [4.69, 9.17) is 0 Å². The van der Waals surface area contributed by atoms with Gasteiger partial charge in [-0.15, -0.1) is 0 Å². The van der Waals surface area contributed by atoms with Crippen LogP contribution in [0.4, 0.5) is 27.8 Å². The first-order valence-corrected chi connectivity index (χ1v) is 9.82. The molecule has 1 aliphatic rings.